The van der Waals surface area contributed by atoms with Gasteiger partial charge in [-0.2, -0.15) is 16.8 Å². The second kappa shape index (κ2) is 5.35. The van der Waals surface area contributed by atoms with Crippen molar-refractivity contribution in [3.05, 3.63) is 46.5 Å². The fourth-order valence-electron chi connectivity index (χ4n) is 2.62. The van der Waals surface area contributed by atoms with Crippen LogP contribution in [0.2, 0.25) is 0 Å². The van der Waals surface area contributed by atoms with Crippen LogP contribution in [0, 0.1) is 0 Å². The Morgan fingerprint density at radius 2 is 1.31 bits per heavy atom. The molecule has 0 aromatic heterocycles. The quantitative estimate of drug-likeness (QED) is 0.346. The van der Waals surface area contributed by atoms with Crippen molar-refractivity contribution in [2.75, 3.05) is 0 Å². The van der Waals surface area contributed by atoms with Gasteiger partial charge in [0.15, 0.2) is 11.6 Å². The third-order valence-electron chi connectivity index (χ3n) is 3.75. The SMILES string of the molecule is O=C1c2cc(S(=O)(=O)O)ccc2C(=O)c2c(O)c(S(=O)(=O)O)cc(O)c21. The monoisotopic (exact) mass is 400 g/mol. The lowest BCUT2D eigenvalue weighted by Gasteiger charge is -2.20. The summed E-state index contributed by atoms with van der Waals surface area (Å²) in [5, 5.41) is 20.0. The Kier molecular flexibility index (Phi) is 3.70. The predicted octanol–water partition coefficient (Wildman–Crippen LogP) is 0.367. The first-order valence-corrected chi connectivity index (χ1v) is 9.49. The fourth-order valence-corrected chi connectivity index (χ4v) is 3.73. The first kappa shape index (κ1) is 18.0. The van der Waals surface area contributed by atoms with Gasteiger partial charge in [-0.1, -0.05) is 0 Å². The molecule has 2 aromatic rings. The molecule has 0 saturated heterocycles. The third kappa shape index (κ3) is 2.55. The number of hydrogen-bond acceptors (Lipinski definition) is 8. The Balaban J connectivity index is 2.38. The number of ketones is 2. The number of benzene rings is 2. The summed E-state index contributed by atoms with van der Waals surface area (Å²) in [5.74, 6) is -4.43. The summed E-state index contributed by atoms with van der Waals surface area (Å²) in [7, 11) is -9.71. The molecule has 0 radical (unpaired) electrons. The molecule has 10 nitrogen and oxygen atoms in total. The molecule has 0 bridgehead atoms. The van der Waals surface area contributed by atoms with E-state index in [1.165, 1.54) is 0 Å². The number of phenols is 2. The van der Waals surface area contributed by atoms with E-state index in [0.717, 1.165) is 12.1 Å². The highest BCUT2D eigenvalue weighted by molar-refractivity contribution is 7.86. The summed E-state index contributed by atoms with van der Waals surface area (Å²) in [6, 6.07) is 2.80. The Morgan fingerprint density at radius 1 is 0.731 bits per heavy atom. The van der Waals surface area contributed by atoms with E-state index >= 15 is 0 Å². The molecule has 12 heteroatoms. The topological polar surface area (TPSA) is 183 Å². The lowest BCUT2D eigenvalue weighted by molar-refractivity contribution is 0.0973. The van der Waals surface area contributed by atoms with Gasteiger partial charge in [-0.15, -0.1) is 0 Å². The molecule has 0 saturated carbocycles. The van der Waals surface area contributed by atoms with Crippen LogP contribution in [0.3, 0.4) is 0 Å². The molecular weight excluding hydrogens is 392 g/mol. The van der Waals surface area contributed by atoms with Crippen molar-refractivity contribution in [3.8, 4) is 11.5 Å². The van der Waals surface area contributed by atoms with E-state index in [9.17, 15) is 36.6 Å². The molecular formula is C14H8O10S2. The molecule has 0 aliphatic heterocycles. The van der Waals surface area contributed by atoms with Crippen molar-refractivity contribution >= 4 is 31.8 Å². The minimum Gasteiger partial charge on any atom is -0.507 e. The van der Waals surface area contributed by atoms with Crippen molar-refractivity contribution in [2.24, 2.45) is 0 Å². The van der Waals surface area contributed by atoms with E-state index in [1.807, 2.05) is 0 Å². The van der Waals surface area contributed by atoms with E-state index in [0.29, 0.717) is 12.1 Å². The number of fused-ring (bicyclic) bond motifs is 2. The van der Waals surface area contributed by atoms with Crippen molar-refractivity contribution < 1.29 is 45.7 Å². The first-order valence-electron chi connectivity index (χ1n) is 6.61. The summed E-state index contributed by atoms with van der Waals surface area (Å²) < 4.78 is 63.1. The number of hydrogen-bond donors (Lipinski definition) is 4. The number of phenolic OH excluding ortho intramolecular Hbond substituents is 2. The molecule has 0 fully saturated rings. The molecule has 4 N–H and O–H groups in total. The summed E-state index contributed by atoms with van der Waals surface area (Å²) in [4.78, 5) is 23.3. The molecule has 26 heavy (non-hydrogen) atoms. The van der Waals surface area contributed by atoms with Gasteiger partial charge in [0.2, 0.25) is 0 Å². The normalized spacial score (nSPS) is 14.1. The van der Waals surface area contributed by atoms with Gasteiger partial charge < -0.3 is 10.2 Å². The highest BCUT2D eigenvalue weighted by Gasteiger charge is 2.38. The summed E-state index contributed by atoms with van der Waals surface area (Å²) in [6.45, 7) is 0. The van der Waals surface area contributed by atoms with Crippen LogP contribution >= 0.6 is 0 Å². The number of carbonyl (C=O) groups excluding carboxylic acids is 2. The zero-order valence-corrected chi connectivity index (χ0v) is 14.0. The molecule has 0 atom stereocenters. The van der Waals surface area contributed by atoms with Gasteiger partial charge in [-0.3, -0.25) is 18.7 Å². The second-order valence-electron chi connectivity index (χ2n) is 5.31. The highest BCUT2D eigenvalue weighted by Crippen LogP contribution is 2.41. The van der Waals surface area contributed by atoms with E-state index in [-0.39, 0.29) is 0 Å². The van der Waals surface area contributed by atoms with Crippen molar-refractivity contribution in [1.29, 1.82) is 0 Å². The summed E-state index contributed by atoms with van der Waals surface area (Å²) >= 11 is 0. The van der Waals surface area contributed by atoms with E-state index in [2.05, 4.69) is 0 Å². The molecule has 0 heterocycles. The average Bonchev–Trinajstić information content (AvgIpc) is 2.51. The maximum Gasteiger partial charge on any atom is 0.298 e. The van der Waals surface area contributed by atoms with Gasteiger partial charge in [-0.25, -0.2) is 0 Å². The van der Waals surface area contributed by atoms with Crippen molar-refractivity contribution in [1.82, 2.24) is 0 Å². The van der Waals surface area contributed by atoms with Crippen LogP contribution in [0.25, 0.3) is 0 Å². The maximum atomic E-state index is 12.6. The Morgan fingerprint density at radius 3 is 1.85 bits per heavy atom. The Labute approximate surface area is 145 Å². The number of carbonyl (C=O) groups is 2. The van der Waals surface area contributed by atoms with Crippen LogP contribution in [0.1, 0.15) is 31.8 Å². The predicted molar refractivity (Wildman–Crippen MR) is 82.7 cm³/mol. The van der Waals surface area contributed by atoms with E-state index in [4.69, 9.17) is 9.11 Å². The average molecular weight is 400 g/mol. The molecule has 1 aliphatic rings. The van der Waals surface area contributed by atoms with Gasteiger partial charge in [0.1, 0.15) is 16.4 Å². The lowest BCUT2D eigenvalue weighted by Crippen LogP contribution is -2.22. The molecule has 1 aliphatic carbocycles. The molecule has 0 amide bonds. The standard InChI is InChI=1S/C14H8O10S2/c15-8-4-9(26(22,23)24)14(18)11-10(8)13(17)7-3-5(25(19,20)21)1-2-6(7)12(11)16/h1-4,15,18H,(H,19,20,21)(H,22,23,24). The van der Waals surface area contributed by atoms with Crippen LogP contribution in [-0.2, 0) is 20.2 Å². The van der Waals surface area contributed by atoms with E-state index < -0.39 is 75.3 Å². The lowest BCUT2D eigenvalue weighted by atomic mass is 9.83. The van der Waals surface area contributed by atoms with Crippen molar-refractivity contribution in [2.45, 2.75) is 9.79 Å². The van der Waals surface area contributed by atoms with Gasteiger partial charge >= 0.3 is 0 Å². The second-order valence-corrected chi connectivity index (χ2v) is 8.12. The Hall–Kier alpha value is -2.80. The maximum absolute atomic E-state index is 12.6. The molecule has 0 unspecified atom stereocenters. The van der Waals surface area contributed by atoms with Crippen LogP contribution in [-0.4, -0.2) is 47.7 Å². The highest BCUT2D eigenvalue weighted by atomic mass is 32.2. The first-order chi connectivity index (χ1) is 11.8. The minimum absolute atomic E-state index is 0.381. The minimum atomic E-state index is -5.02. The zero-order valence-electron chi connectivity index (χ0n) is 12.4. The van der Waals surface area contributed by atoms with Gasteiger partial charge in [0, 0.05) is 17.2 Å². The molecule has 2 aromatic carbocycles. The molecule has 136 valence electrons. The summed E-state index contributed by atoms with van der Waals surface area (Å²) in [6.07, 6.45) is 0. The number of aromatic hydroxyl groups is 2. The van der Waals surface area contributed by atoms with Gasteiger partial charge in [-0.05, 0) is 18.2 Å². The van der Waals surface area contributed by atoms with Crippen LogP contribution in [0.15, 0.2) is 34.1 Å². The fraction of sp³-hybridized carbons (Fsp3) is 0. The van der Waals surface area contributed by atoms with Gasteiger partial charge in [0.25, 0.3) is 20.2 Å². The van der Waals surface area contributed by atoms with Crippen LogP contribution in [0.5, 0.6) is 11.5 Å². The molecule has 0 spiro atoms. The third-order valence-corrected chi connectivity index (χ3v) is 5.47. The zero-order chi connectivity index (χ0) is 19.6. The van der Waals surface area contributed by atoms with Crippen LogP contribution < -0.4 is 0 Å². The Bertz CT molecular complexity index is 1220. The van der Waals surface area contributed by atoms with Crippen molar-refractivity contribution in [3.63, 3.8) is 0 Å². The van der Waals surface area contributed by atoms with E-state index in [1.54, 1.807) is 0 Å². The van der Waals surface area contributed by atoms with Crippen LogP contribution in [0.4, 0.5) is 0 Å². The number of rotatable bonds is 2. The largest absolute Gasteiger partial charge is 0.507 e. The van der Waals surface area contributed by atoms with Gasteiger partial charge in [0.05, 0.1) is 16.0 Å². The molecule has 3 rings (SSSR count). The smallest absolute Gasteiger partial charge is 0.298 e. The summed E-state index contributed by atoms with van der Waals surface area (Å²) in [5.41, 5.74) is -2.49.